The van der Waals surface area contributed by atoms with Crippen LogP contribution in [-0.4, -0.2) is 35.7 Å². The van der Waals surface area contributed by atoms with Gasteiger partial charge in [-0.1, -0.05) is 0 Å². The standard InChI is InChI=1S/C21H20FN3O4/c1-28-17-6-8-18(9-7-17)29-13-20(26)23-10-11-25-14-24-19(12-21(25)27)15-2-4-16(22)5-3-15/h2-9,12,14H,10-11,13H2,1H3,(H,23,26). The van der Waals surface area contributed by atoms with Gasteiger partial charge in [-0.05, 0) is 48.5 Å². The van der Waals surface area contributed by atoms with E-state index >= 15 is 0 Å². The summed E-state index contributed by atoms with van der Waals surface area (Å²) in [6, 6.07) is 14.0. The number of nitrogens with one attached hydrogen (secondary N) is 1. The molecule has 29 heavy (non-hydrogen) atoms. The highest BCUT2D eigenvalue weighted by Crippen LogP contribution is 2.17. The zero-order valence-corrected chi connectivity index (χ0v) is 15.8. The van der Waals surface area contributed by atoms with Crippen LogP contribution >= 0.6 is 0 Å². The van der Waals surface area contributed by atoms with Crippen LogP contribution in [0.25, 0.3) is 11.3 Å². The molecule has 0 aliphatic rings. The highest BCUT2D eigenvalue weighted by atomic mass is 19.1. The maximum Gasteiger partial charge on any atom is 0.258 e. The molecule has 2 aromatic carbocycles. The molecular formula is C21H20FN3O4. The van der Waals surface area contributed by atoms with E-state index < -0.39 is 0 Å². The molecule has 0 saturated heterocycles. The third-order valence-corrected chi connectivity index (χ3v) is 4.12. The first kappa shape index (κ1) is 20.1. The summed E-state index contributed by atoms with van der Waals surface area (Å²) < 4.78 is 24.8. The zero-order valence-electron chi connectivity index (χ0n) is 15.8. The van der Waals surface area contributed by atoms with Gasteiger partial charge in [0.25, 0.3) is 11.5 Å². The minimum absolute atomic E-state index is 0.136. The molecular weight excluding hydrogens is 377 g/mol. The molecule has 1 heterocycles. The van der Waals surface area contributed by atoms with E-state index in [4.69, 9.17) is 9.47 Å². The zero-order chi connectivity index (χ0) is 20.6. The Hall–Kier alpha value is -3.68. The number of benzene rings is 2. The van der Waals surface area contributed by atoms with Crippen LogP contribution in [-0.2, 0) is 11.3 Å². The van der Waals surface area contributed by atoms with Crippen LogP contribution in [0.5, 0.6) is 11.5 Å². The first-order valence-corrected chi connectivity index (χ1v) is 8.91. The lowest BCUT2D eigenvalue weighted by molar-refractivity contribution is -0.123. The summed E-state index contributed by atoms with van der Waals surface area (Å²) in [5, 5.41) is 2.69. The molecule has 1 amide bonds. The molecule has 3 aromatic rings. The SMILES string of the molecule is COc1ccc(OCC(=O)NCCn2cnc(-c3ccc(F)cc3)cc2=O)cc1. The van der Waals surface area contributed by atoms with Crippen LogP contribution in [0, 0.1) is 5.82 Å². The Balaban J connectivity index is 1.47. The highest BCUT2D eigenvalue weighted by Gasteiger charge is 2.06. The van der Waals surface area contributed by atoms with E-state index in [0.717, 1.165) is 0 Å². The molecule has 0 bridgehead atoms. The van der Waals surface area contributed by atoms with Gasteiger partial charge in [-0.2, -0.15) is 0 Å². The lowest BCUT2D eigenvalue weighted by atomic mass is 10.1. The van der Waals surface area contributed by atoms with Crippen molar-refractivity contribution in [3.63, 3.8) is 0 Å². The van der Waals surface area contributed by atoms with Crippen molar-refractivity contribution in [3.8, 4) is 22.8 Å². The number of hydrogen-bond acceptors (Lipinski definition) is 5. The summed E-state index contributed by atoms with van der Waals surface area (Å²) in [7, 11) is 1.57. The smallest absolute Gasteiger partial charge is 0.258 e. The van der Waals surface area contributed by atoms with Crippen LogP contribution in [0.15, 0.2) is 65.7 Å². The van der Waals surface area contributed by atoms with Crippen LogP contribution < -0.4 is 20.3 Å². The molecule has 0 fully saturated rings. The van der Waals surface area contributed by atoms with Crippen molar-refractivity contribution in [2.45, 2.75) is 6.54 Å². The molecule has 0 radical (unpaired) electrons. The summed E-state index contributed by atoms with van der Waals surface area (Å²) in [6.07, 6.45) is 1.40. The molecule has 8 heteroatoms. The van der Waals surface area contributed by atoms with Crippen LogP contribution in [0.1, 0.15) is 0 Å². The minimum Gasteiger partial charge on any atom is -0.497 e. The Morgan fingerprint density at radius 1 is 1.10 bits per heavy atom. The van der Waals surface area contributed by atoms with Crippen LogP contribution in [0.3, 0.4) is 0 Å². The Kier molecular flexibility index (Phi) is 6.57. The summed E-state index contributed by atoms with van der Waals surface area (Å²) >= 11 is 0. The second kappa shape index (κ2) is 9.50. The van der Waals surface area contributed by atoms with Gasteiger partial charge in [-0.3, -0.25) is 14.2 Å². The van der Waals surface area contributed by atoms with Gasteiger partial charge in [0.2, 0.25) is 0 Å². The number of nitrogens with zero attached hydrogens (tertiary/aromatic N) is 2. The third kappa shape index (κ3) is 5.65. The van der Waals surface area contributed by atoms with E-state index in [-0.39, 0.29) is 37.0 Å². The molecule has 150 valence electrons. The number of ether oxygens (including phenoxy) is 2. The Morgan fingerprint density at radius 2 is 1.79 bits per heavy atom. The fourth-order valence-corrected chi connectivity index (χ4v) is 2.56. The fourth-order valence-electron chi connectivity index (χ4n) is 2.56. The number of rotatable bonds is 8. The average molecular weight is 397 g/mol. The van der Waals surface area contributed by atoms with E-state index in [0.29, 0.717) is 22.8 Å². The molecule has 0 saturated carbocycles. The lowest BCUT2D eigenvalue weighted by Gasteiger charge is -2.09. The Morgan fingerprint density at radius 3 is 2.45 bits per heavy atom. The van der Waals surface area contributed by atoms with Gasteiger partial charge in [0.05, 0.1) is 19.1 Å². The predicted molar refractivity (Wildman–Crippen MR) is 105 cm³/mol. The van der Waals surface area contributed by atoms with E-state index in [2.05, 4.69) is 10.3 Å². The van der Waals surface area contributed by atoms with Crippen molar-refractivity contribution in [3.05, 3.63) is 77.1 Å². The lowest BCUT2D eigenvalue weighted by Crippen LogP contribution is -2.33. The monoisotopic (exact) mass is 397 g/mol. The van der Waals surface area contributed by atoms with Crippen molar-refractivity contribution in [1.29, 1.82) is 0 Å². The topological polar surface area (TPSA) is 82.4 Å². The Labute approximate surface area is 166 Å². The maximum atomic E-state index is 13.0. The largest absolute Gasteiger partial charge is 0.497 e. The molecule has 0 atom stereocenters. The molecule has 1 aromatic heterocycles. The highest BCUT2D eigenvalue weighted by molar-refractivity contribution is 5.77. The number of carbonyl (C=O) groups is 1. The number of carbonyl (C=O) groups excluding carboxylic acids is 1. The van der Waals surface area contributed by atoms with Gasteiger partial charge in [0.15, 0.2) is 6.61 Å². The quantitative estimate of drug-likeness (QED) is 0.631. The van der Waals surface area contributed by atoms with Crippen molar-refractivity contribution < 1.29 is 18.7 Å². The molecule has 7 nitrogen and oxygen atoms in total. The van der Waals surface area contributed by atoms with Crippen LogP contribution in [0.4, 0.5) is 4.39 Å². The van der Waals surface area contributed by atoms with Crippen LogP contribution in [0.2, 0.25) is 0 Å². The fraction of sp³-hybridized carbons (Fsp3) is 0.190. The third-order valence-electron chi connectivity index (χ3n) is 4.12. The summed E-state index contributed by atoms with van der Waals surface area (Å²) in [6.45, 7) is 0.384. The van der Waals surface area contributed by atoms with Gasteiger partial charge in [0, 0.05) is 24.7 Å². The van der Waals surface area contributed by atoms with Gasteiger partial charge in [0.1, 0.15) is 17.3 Å². The molecule has 0 aliphatic heterocycles. The van der Waals surface area contributed by atoms with Crippen molar-refractivity contribution in [2.75, 3.05) is 20.3 Å². The first-order chi connectivity index (χ1) is 14.0. The molecule has 0 aliphatic carbocycles. The number of halogens is 1. The van der Waals surface area contributed by atoms with Gasteiger partial charge in [-0.25, -0.2) is 9.37 Å². The number of amides is 1. The number of aromatic nitrogens is 2. The molecule has 0 unspecified atom stereocenters. The average Bonchev–Trinajstić information content (AvgIpc) is 2.74. The second-order valence-electron chi connectivity index (χ2n) is 6.13. The van der Waals surface area contributed by atoms with Gasteiger partial charge >= 0.3 is 0 Å². The van der Waals surface area contributed by atoms with Gasteiger partial charge < -0.3 is 14.8 Å². The summed E-state index contributed by atoms with van der Waals surface area (Å²) in [5.41, 5.74) is 0.853. The van der Waals surface area contributed by atoms with E-state index in [1.54, 1.807) is 43.5 Å². The maximum absolute atomic E-state index is 13.0. The van der Waals surface area contributed by atoms with E-state index in [1.807, 2.05) is 0 Å². The summed E-state index contributed by atoms with van der Waals surface area (Å²) in [5.74, 6) is 0.600. The minimum atomic E-state index is -0.353. The predicted octanol–water partition coefficient (Wildman–Crippen LogP) is 2.25. The van der Waals surface area contributed by atoms with Crippen molar-refractivity contribution >= 4 is 5.91 Å². The van der Waals surface area contributed by atoms with E-state index in [9.17, 15) is 14.0 Å². The first-order valence-electron chi connectivity index (χ1n) is 8.91. The summed E-state index contributed by atoms with van der Waals surface area (Å²) in [4.78, 5) is 28.3. The van der Waals surface area contributed by atoms with Crippen molar-refractivity contribution in [1.82, 2.24) is 14.9 Å². The molecule has 3 rings (SSSR count). The number of hydrogen-bond donors (Lipinski definition) is 1. The number of methoxy groups -OCH3 is 1. The van der Waals surface area contributed by atoms with Gasteiger partial charge in [-0.15, -0.1) is 0 Å². The molecule has 0 spiro atoms. The normalized spacial score (nSPS) is 10.4. The Bertz CT molecular complexity index is 1020. The van der Waals surface area contributed by atoms with E-state index in [1.165, 1.54) is 29.1 Å². The molecule has 1 N–H and O–H groups in total. The van der Waals surface area contributed by atoms with Crippen molar-refractivity contribution in [2.24, 2.45) is 0 Å². The second-order valence-corrected chi connectivity index (χ2v) is 6.13.